The van der Waals surface area contributed by atoms with Gasteiger partial charge in [-0.25, -0.2) is 0 Å². The maximum atomic E-state index is 12.2. The third-order valence-corrected chi connectivity index (χ3v) is 3.12. The molecule has 122 valence electrons. The number of amides is 1. The molecule has 0 aromatic heterocycles. The Bertz CT molecular complexity index is 605. The molecule has 0 aliphatic rings. The van der Waals surface area contributed by atoms with Gasteiger partial charge in [-0.15, -0.1) is 0 Å². The quantitative estimate of drug-likeness (QED) is 0.538. The maximum absolute atomic E-state index is 12.2. The predicted octanol–water partition coefficient (Wildman–Crippen LogP) is 1.61. The molecule has 0 saturated carbocycles. The number of hydrogen-bond donors (Lipinski definition) is 0. The second-order valence-corrected chi connectivity index (χ2v) is 4.71. The summed E-state index contributed by atoms with van der Waals surface area (Å²) in [5.41, 5.74) is 1.29. The molecule has 23 heavy (non-hydrogen) atoms. The fourth-order valence-corrected chi connectivity index (χ4v) is 1.85. The van der Waals surface area contributed by atoms with Gasteiger partial charge in [0.05, 0.1) is 31.8 Å². The molecule has 0 unspecified atom stereocenters. The lowest BCUT2D eigenvalue weighted by Gasteiger charge is -2.20. The Hall–Kier alpha value is -2.65. The molecule has 0 radical (unpaired) electrons. The smallest absolute Gasteiger partial charge is 0.307 e. The van der Waals surface area contributed by atoms with Crippen LogP contribution in [-0.4, -0.2) is 50.7 Å². The zero-order valence-electron chi connectivity index (χ0n) is 13.3. The Morgan fingerprint density at radius 1 is 1.30 bits per heavy atom. The van der Waals surface area contributed by atoms with Gasteiger partial charge in [-0.1, -0.05) is 12.1 Å². The number of nitriles is 1. The first kappa shape index (κ1) is 18.4. The van der Waals surface area contributed by atoms with Crippen LogP contribution in [0.25, 0.3) is 6.08 Å². The van der Waals surface area contributed by atoms with E-state index in [1.165, 1.54) is 18.1 Å². The van der Waals surface area contributed by atoms with Gasteiger partial charge in [0.1, 0.15) is 0 Å². The van der Waals surface area contributed by atoms with Crippen molar-refractivity contribution >= 4 is 18.0 Å². The molecule has 6 heteroatoms. The molecule has 1 amide bonds. The van der Waals surface area contributed by atoms with Gasteiger partial charge in [0.25, 0.3) is 0 Å². The van der Waals surface area contributed by atoms with Gasteiger partial charge in [-0.05, 0) is 23.8 Å². The number of carbonyl (C=O) groups is 2. The van der Waals surface area contributed by atoms with Crippen LogP contribution in [0.4, 0.5) is 0 Å². The summed E-state index contributed by atoms with van der Waals surface area (Å²) < 4.78 is 9.56. The van der Waals surface area contributed by atoms with Crippen LogP contribution in [0.15, 0.2) is 30.3 Å². The van der Waals surface area contributed by atoms with Gasteiger partial charge in [0.15, 0.2) is 0 Å². The molecular formula is C17H20N2O4. The second kappa shape index (κ2) is 10.1. The lowest BCUT2D eigenvalue weighted by molar-refractivity contribution is -0.141. The fraction of sp³-hybridized carbons (Fsp3) is 0.353. The summed E-state index contributed by atoms with van der Waals surface area (Å²) in [6.45, 7) is 1.02. The van der Waals surface area contributed by atoms with Crippen molar-refractivity contribution in [2.45, 2.75) is 6.42 Å². The molecule has 0 aliphatic carbocycles. The number of esters is 1. The summed E-state index contributed by atoms with van der Waals surface area (Å²) in [6, 6.07) is 8.99. The van der Waals surface area contributed by atoms with Crippen LogP contribution in [0.3, 0.4) is 0 Å². The Morgan fingerprint density at radius 3 is 2.74 bits per heavy atom. The number of methoxy groups -OCH3 is 2. The molecule has 0 saturated heterocycles. The average molecular weight is 316 g/mol. The van der Waals surface area contributed by atoms with E-state index in [0.29, 0.717) is 18.7 Å². The number of carbonyl (C=O) groups excluding carboxylic acids is 2. The molecule has 0 atom stereocenters. The lowest BCUT2D eigenvalue weighted by Crippen LogP contribution is -2.34. The predicted molar refractivity (Wildman–Crippen MR) is 85.3 cm³/mol. The van der Waals surface area contributed by atoms with Crippen LogP contribution in [0.2, 0.25) is 0 Å². The zero-order valence-corrected chi connectivity index (χ0v) is 13.3. The van der Waals surface area contributed by atoms with E-state index < -0.39 is 0 Å². The van der Waals surface area contributed by atoms with Crippen molar-refractivity contribution in [2.75, 3.05) is 33.9 Å². The molecule has 1 aromatic carbocycles. The Morgan fingerprint density at radius 2 is 2.09 bits per heavy atom. The molecule has 0 aliphatic heterocycles. The zero-order chi connectivity index (χ0) is 17.1. The summed E-state index contributed by atoms with van der Waals surface area (Å²) in [6.07, 6.45) is 3.19. The lowest BCUT2D eigenvalue weighted by atomic mass is 10.1. The standard InChI is InChI=1S/C17H20N2O4/c1-22-11-10-19(9-8-17(21)23-2)16(20)7-6-14-4-3-5-15(12-14)13-18/h3-7,12H,8-11H2,1-2H3. The Labute approximate surface area is 135 Å². The van der Waals surface area contributed by atoms with E-state index in [2.05, 4.69) is 4.74 Å². The first-order chi connectivity index (χ1) is 11.1. The van der Waals surface area contributed by atoms with Crippen molar-refractivity contribution in [1.82, 2.24) is 4.90 Å². The van der Waals surface area contributed by atoms with Crippen molar-refractivity contribution in [2.24, 2.45) is 0 Å². The highest BCUT2D eigenvalue weighted by Crippen LogP contribution is 2.07. The monoisotopic (exact) mass is 316 g/mol. The van der Waals surface area contributed by atoms with Crippen LogP contribution < -0.4 is 0 Å². The van der Waals surface area contributed by atoms with Crippen molar-refractivity contribution in [1.29, 1.82) is 5.26 Å². The van der Waals surface area contributed by atoms with E-state index in [9.17, 15) is 9.59 Å². The molecule has 0 spiro atoms. The van der Waals surface area contributed by atoms with E-state index >= 15 is 0 Å². The SMILES string of the molecule is COCCN(CCC(=O)OC)C(=O)C=Cc1cccc(C#N)c1. The fourth-order valence-electron chi connectivity index (χ4n) is 1.85. The molecule has 1 aromatic rings. The van der Waals surface area contributed by atoms with Crippen molar-refractivity contribution < 1.29 is 19.1 Å². The highest BCUT2D eigenvalue weighted by atomic mass is 16.5. The van der Waals surface area contributed by atoms with E-state index in [4.69, 9.17) is 10.00 Å². The Balaban J connectivity index is 2.72. The summed E-state index contributed by atoms with van der Waals surface area (Å²) >= 11 is 0. The van der Waals surface area contributed by atoms with Crippen molar-refractivity contribution in [3.05, 3.63) is 41.5 Å². The number of ether oxygens (including phenoxy) is 2. The minimum atomic E-state index is -0.370. The maximum Gasteiger partial charge on any atom is 0.307 e. The van der Waals surface area contributed by atoms with Crippen LogP contribution >= 0.6 is 0 Å². The summed E-state index contributed by atoms with van der Waals surface area (Å²) in [5.74, 6) is -0.598. The summed E-state index contributed by atoms with van der Waals surface area (Å²) in [7, 11) is 2.86. The van der Waals surface area contributed by atoms with Crippen LogP contribution in [-0.2, 0) is 19.1 Å². The van der Waals surface area contributed by atoms with Gasteiger partial charge in [0.2, 0.25) is 5.91 Å². The van der Waals surface area contributed by atoms with Crippen LogP contribution in [0.1, 0.15) is 17.5 Å². The number of benzene rings is 1. The third-order valence-electron chi connectivity index (χ3n) is 3.12. The largest absolute Gasteiger partial charge is 0.469 e. The van der Waals surface area contributed by atoms with E-state index in [0.717, 1.165) is 5.56 Å². The molecule has 6 nitrogen and oxygen atoms in total. The number of nitrogens with zero attached hydrogens (tertiary/aromatic N) is 2. The first-order valence-electron chi connectivity index (χ1n) is 7.13. The van der Waals surface area contributed by atoms with Crippen LogP contribution in [0, 0.1) is 11.3 Å². The van der Waals surface area contributed by atoms with Crippen molar-refractivity contribution in [3.63, 3.8) is 0 Å². The first-order valence-corrected chi connectivity index (χ1v) is 7.13. The molecule has 0 heterocycles. The van der Waals surface area contributed by atoms with Gasteiger partial charge in [-0.2, -0.15) is 5.26 Å². The minimum Gasteiger partial charge on any atom is -0.469 e. The highest BCUT2D eigenvalue weighted by Gasteiger charge is 2.12. The molecule has 0 N–H and O–H groups in total. The third kappa shape index (κ3) is 6.76. The minimum absolute atomic E-state index is 0.129. The normalized spacial score (nSPS) is 10.3. The highest BCUT2D eigenvalue weighted by molar-refractivity contribution is 5.92. The van der Waals surface area contributed by atoms with Gasteiger partial charge >= 0.3 is 5.97 Å². The van der Waals surface area contributed by atoms with Crippen LogP contribution in [0.5, 0.6) is 0 Å². The van der Waals surface area contributed by atoms with E-state index in [-0.39, 0.29) is 24.8 Å². The second-order valence-electron chi connectivity index (χ2n) is 4.71. The van der Waals surface area contributed by atoms with Gasteiger partial charge in [-0.3, -0.25) is 9.59 Å². The topological polar surface area (TPSA) is 79.6 Å². The molecule has 1 rings (SSSR count). The van der Waals surface area contributed by atoms with E-state index in [1.807, 2.05) is 6.07 Å². The summed E-state index contributed by atoms with van der Waals surface area (Å²) in [4.78, 5) is 25.0. The summed E-state index contributed by atoms with van der Waals surface area (Å²) in [5, 5.41) is 8.86. The van der Waals surface area contributed by atoms with E-state index in [1.54, 1.807) is 37.5 Å². The number of hydrogen-bond acceptors (Lipinski definition) is 5. The molecule has 0 bridgehead atoms. The molecule has 0 fully saturated rings. The van der Waals surface area contributed by atoms with Gasteiger partial charge in [0, 0.05) is 26.3 Å². The average Bonchev–Trinajstić information content (AvgIpc) is 2.59. The van der Waals surface area contributed by atoms with Gasteiger partial charge < -0.3 is 14.4 Å². The van der Waals surface area contributed by atoms with Crippen molar-refractivity contribution in [3.8, 4) is 6.07 Å². The number of rotatable bonds is 8. The molecular weight excluding hydrogens is 296 g/mol. The Kier molecular flexibility index (Phi) is 8.11.